The van der Waals surface area contributed by atoms with E-state index >= 15 is 4.79 Å². The fourth-order valence-electron chi connectivity index (χ4n) is 8.18. The van der Waals surface area contributed by atoms with Crippen LogP contribution in [0.25, 0.3) is 21.5 Å². The summed E-state index contributed by atoms with van der Waals surface area (Å²) >= 11 is 7.21. The molecular formula is C43H33Br2NO4. The van der Waals surface area contributed by atoms with Crippen molar-refractivity contribution in [2.75, 3.05) is 6.61 Å². The van der Waals surface area contributed by atoms with Crippen molar-refractivity contribution in [3.8, 4) is 6.07 Å². The SMILES string of the molecule is CCOC(=O)[C@]1(C#N)[C@@H](c2cccc(Br)c2)C[C@](O)(c2cccc3ccccc23)[C@H](C(=O)c2cccc3ccccc23)[C@@H]1c1cccc(Br)c1. The first-order valence-electron chi connectivity index (χ1n) is 16.5. The molecule has 1 aliphatic carbocycles. The van der Waals surface area contributed by atoms with Gasteiger partial charge in [0, 0.05) is 26.3 Å². The predicted octanol–water partition coefficient (Wildman–Crippen LogP) is 10.2. The lowest BCUT2D eigenvalue weighted by Gasteiger charge is -2.54. The van der Waals surface area contributed by atoms with Crippen LogP contribution >= 0.6 is 31.9 Å². The van der Waals surface area contributed by atoms with Gasteiger partial charge < -0.3 is 9.84 Å². The van der Waals surface area contributed by atoms with Gasteiger partial charge in [-0.05, 0) is 75.8 Å². The molecule has 0 aromatic heterocycles. The van der Waals surface area contributed by atoms with Crippen molar-refractivity contribution in [3.63, 3.8) is 0 Å². The Morgan fingerprint density at radius 1 is 0.780 bits per heavy atom. The van der Waals surface area contributed by atoms with Gasteiger partial charge >= 0.3 is 5.97 Å². The summed E-state index contributed by atoms with van der Waals surface area (Å²) in [6, 6.07) is 44.0. The van der Waals surface area contributed by atoms with E-state index in [4.69, 9.17) is 4.74 Å². The van der Waals surface area contributed by atoms with E-state index in [0.29, 0.717) is 26.7 Å². The lowest BCUT2D eigenvalue weighted by molar-refractivity contribution is -0.164. The molecule has 1 fully saturated rings. The highest BCUT2D eigenvalue weighted by Crippen LogP contribution is 2.64. The number of carbonyl (C=O) groups excluding carboxylic acids is 2. The first-order valence-corrected chi connectivity index (χ1v) is 18.1. The van der Waals surface area contributed by atoms with Crippen LogP contribution in [0.5, 0.6) is 0 Å². The highest BCUT2D eigenvalue weighted by Gasteiger charge is 2.68. The maximum absolute atomic E-state index is 15.6. The summed E-state index contributed by atoms with van der Waals surface area (Å²) in [5.41, 5.74) is -1.58. The molecule has 1 saturated carbocycles. The fourth-order valence-corrected chi connectivity index (χ4v) is 9.02. The van der Waals surface area contributed by atoms with E-state index in [2.05, 4.69) is 37.9 Å². The van der Waals surface area contributed by atoms with E-state index in [1.807, 2.05) is 127 Å². The molecule has 0 heterocycles. The van der Waals surface area contributed by atoms with Crippen LogP contribution in [-0.4, -0.2) is 23.5 Å². The number of ether oxygens (including phenoxy) is 1. The molecule has 5 atom stereocenters. The molecule has 6 aromatic rings. The summed E-state index contributed by atoms with van der Waals surface area (Å²) in [5, 5.41) is 28.5. The summed E-state index contributed by atoms with van der Waals surface area (Å²) in [5.74, 6) is -4.40. The minimum Gasteiger partial charge on any atom is -0.465 e. The smallest absolute Gasteiger partial charge is 0.327 e. The van der Waals surface area contributed by atoms with Gasteiger partial charge in [-0.15, -0.1) is 0 Å². The van der Waals surface area contributed by atoms with Crippen molar-refractivity contribution < 1.29 is 19.4 Å². The first kappa shape index (κ1) is 33.9. The molecule has 7 rings (SSSR count). The molecule has 50 heavy (non-hydrogen) atoms. The van der Waals surface area contributed by atoms with Crippen LogP contribution in [0.15, 0.2) is 142 Å². The highest BCUT2D eigenvalue weighted by atomic mass is 79.9. The van der Waals surface area contributed by atoms with E-state index in [1.165, 1.54) is 0 Å². The lowest BCUT2D eigenvalue weighted by atomic mass is 9.47. The molecule has 0 amide bonds. The van der Waals surface area contributed by atoms with Crippen molar-refractivity contribution in [2.24, 2.45) is 11.3 Å². The number of ketones is 1. The number of Topliss-reactive ketones (excluding diaryl/α,β-unsaturated/α-hetero) is 1. The van der Waals surface area contributed by atoms with E-state index < -0.39 is 34.7 Å². The van der Waals surface area contributed by atoms with Crippen molar-refractivity contribution >= 4 is 65.2 Å². The second-order valence-corrected chi connectivity index (χ2v) is 14.7. The number of nitrogens with zero attached hydrogens (tertiary/aromatic N) is 1. The van der Waals surface area contributed by atoms with Crippen molar-refractivity contribution in [1.82, 2.24) is 0 Å². The summed E-state index contributed by atoms with van der Waals surface area (Å²) in [7, 11) is 0. The normalized spacial score (nSPS) is 23.3. The van der Waals surface area contributed by atoms with Crippen LogP contribution < -0.4 is 0 Å². The highest BCUT2D eigenvalue weighted by molar-refractivity contribution is 9.10. The fraction of sp³-hybridized carbons (Fsp3) is 0.186. The minimum absolute atomic E-state index is 0.0359. The van der Waals surface area contributed by atoms with E-state index in [9.17, 15) is 15.2 Å². The average molecular weight is 788 g/mol. The Morgan fingerprint density at radius 3 is 2.00 bits per heavy atom. The lowest BCUT2D eigenvalue weighted by Crippen LogP contribution is -2.59. The molecule has 0 radical (unpaired) electrons. The Bertz CT molecular complexity index is 2300. The van der Waals surface area contributed by atoms with Crippen LogP contribution in [0.4, 0.5) is 0 Å². The van der Waals surface area contributed by atoms with Gasteiger partial charge in [-0.1, -0.05) is 141 Å². The van der Waals surface area contributed by atoms with Crippen LogP contribution in [0.3, 0.4) is 0 Å². The molecule has 0 aliphatic heterocycles. The quantitative estimate of drug-likeness (QED) is 0.129. The van der Waals surface area contributed by atoms with Crippen LogP contribution in [0.1, 0.15) is 52.2 Å². The van der Waals surface area contributed by atoms with E-state index in [-0.39, 0.29) is 18.8 Å². The van der Waals surface area contributed by atoms with Gasteiger partial charge in [0.2, 0.25) is 0 Å². The predicted molar refractivity (Wildman–Crippen MR) is 203 cm³/mol. The molecule has 1 aliphatic rings. The number of rotatable bonds is 7. The van der Waals surface area contributed by atoms with Gasteiger partial charge in [0.05, 0.1) is 18.6 Å². The summed E-state index contributed by atoms with van der Waals surface area (Å²) < 4.78 is 7.28. The molecule has 0 unspecified atom stereocenters. The van der Waals surface area contributed by atoms with Crippen molar-refractivity contribution in [2.45, 2.75) is 30.8 Å². The second-order valence-electron chi connectivity index (χ2n) is 12.9. The van der Waals surface area contributed by atoms with Crippen LogP contribution in [0, 0.1) is 22.7 Å². The van der Waals surface area contributed by atoms with Gasteiger partial charge in [-0.25, -0.2) is 0 Å². The minimum atomic E-state index is -1.92. The molecular weight excluding hydrogens is 754 g/mol. The Balaban J connectivity index is 1.63. The molecule has 1 N–H and O–H groups in total. The second kappa shape index (κ2) is 13.6. The van der Waals surface area contributed by atoms with Gasteiger partial charge in [0.1, 0.15) is 5.60 Å². The van der Waals surface area contributed by atoms with Gasteiger partial charge in [0.15, 0.2) is 11.2 Å². The number of halogens is 2. The van der Waals surface area contributed by atoms with Crippen LogP contribution in [0.2, 0.25) is 0 Å². The van der Waals surface area contributed by atoms with Crippen molar-refractivity contribution in [3.05, 3.63) is 165 Å². The summed E-state index contributed by atoms with van der Waals surface area (Å²) in [4.78, 5) is 30.4. The number of nitriles is 1. The number of benzene rings is 6. The Kier molecular flexibility index (Phi) is 9.21. The average Bonchev–Trinajstić information content (AvgIpc) is 3.13. The molecule has 7 heteroatoms. The zero-order valence-corrected chi connectivity index (χ0v) is 30.4. The third-order valence-corrected chi connectivity index (χ3v) is 11.2. The number of hydrogen-bond acceptors (Lipinski definition) is 5. The molecule has 0 bridgehead atoms. The van der Waals surface area contributed by atoms with Gasteiger partial charge in [-0.2, -0.15) is 5.26 Å². The summed E-state index contributed by atoms with van der Waals surface area (Å²) in [6.07, 6.45) is -0.102. The topological polar surface area (TPSA) is 87.4 Å². The maximum Gasteiger partial charge on any atom is 0.327 e. The first-order chi connectivity index (χ1) is 24.2. The van der Waals surface area contributed by atoms with Gasteiger partial charge in [0.25, 0.3) is 0 Å². The monoisotopic (exact) mass is 785 g/mol. The van der Waals surface area contributed by atoms with Gasteiger partial charge in [-0.3, -0.25) is 9.59 Å². The molecule has 6 aromatic carbocycles. The molecule has 5 nitrogen and oxygen atoms in total. The molecule has 0 saturated heterocycles. The standard InChI is InChI=1S/C43H33Br2NO4/c1-2-50-41(48)42(26-46)37(29-15-7-17-31(44)23-29)25-43(49,36-22-10-14-28-12-4-6-20-34(28)36)39(38(42)30-16-8-18-32(45)24-30)40(47)35-21-9-13-27-11-3-5-19-33(27)35/h3-24,37-39,49H,2,25H2,1H3/t37-,38+,39+,42-,43+/m1/s1. The number of hydrogen-bond donors (Lipinski definition) is 1. The number of aliphatic hydroxyl groups is 1. The molecule has 0 spiro atoms. The molecule has 248 valence electrons. The Hall–Kier alpha value is -4.61. The van der Waals surface area contributed by atoms with E-state index in [1.54, 1.807) is 13.0 Å². The third kappa shape index (κ3) is 5.56. The van der Waals surface area contributed by atoms with Crippen molar-refractivity contribution in [1.29, 1.82) is 5.26 Å². The Morgan fingerprint density at radius 2 is 1.34 bits per heavy atom. The van der Waals surface area contributed by atoms with E-state index in [0.717, 1.165) is 26.0 Å². The zero-order valence-electron chi connectivity index (χ0n) is 27.2. The van der Waals surface area contributed by atoms with Crippen LogP contribution in [-0.2, 0) is 15.1 Å². The maximum atomic E-state index is 15.6. The summed E-state index contributed by atoms with van der Waals surface area (Å²) in [6.45, 7) is 1.74. The number of fused-ring (bicyclic) bond motifs is 2. The zero-order chi connectivity index (χ0) is 35.0. The number of carbonyl (C=O) groups is 2. The third-order valence-electron chi connectivity index (χ3n) is 10.3. The Labute approximate surface area is 307 Å². The largest absolute Gasteiger partial charge is 0.465 e. The number of esters is 1.